The minimum Gasteiger partial charge on any atom is -0.480 e. The molecule has 1 rings (SSSR count). The molecule has 1 N–H and O–H groups in total. The Morgan fingerprint density at radius 2 is 2.40 bits per heavy atom. The number of hydrogen-bond donors (Lipinski definition) is 1. The van der Waals surface area contributed by atoms with E-state index in [1.807, 2.05) is 0 Å². The van der Waals surface area contributed by atoms with E-state index in [-0.39, 0.29) is 5.78 Å². The molecule has 0 aromatic carbocycles. The SMILES string of the molecule is CN1CCC(=O)C1C(=O)O. The summed E-state index contributed by atoms with van der Waals surface area (Å²) in [5, 5.41) is 8.49. The van der Waals surface area contributed by atoms with Crippen molar-refractivity contribution in [1.82, 2.24) is 4.90 Å². The van der Waals surface area contributed by atoms with Crippen molar-refractivity contribution in [2.24, 2.45) is 0 Å². The van der Waals surface area contributed by atoms with Crippen molar-refractivity contribution in [2.45, 2.75) is 12.5 Å². The lowest BCUT2D eigenvalue weighted by molar-refractivity contribution is -0.144. The quantitative estimate of drug-likeness (QED) is 0.495. The number of rotatable bonds is 1. The zero-order chi connectivity index (χ0) is 7.72. The predicted octanol–water partition coefficient (Wildman–Crippen LogP) is -0.656. The number of likely N-dealkylation sites (tertiary alicyclic amines) is 1. The lowest BCUT2D eigenvalue weighted by Gasteiger charge is -2.11. The Bertz CT molecular complexity index is 178. The van der Waals surface area contributed by atoms with E-state index in [0.717, 1.165) is 0 Å². The summed E-state index contributed by atoms with van der Waals surface area (Å²) in [4.78, 5) is 22.7. The first kappa shape index (κ1) is 7.21. The second kappa shape index (κ2) is 2.38. The number of carbonyl (C=O) groups is 2. The van der Waals surface area contributed by atoms with Gasteiger partial charge in [0.15, 0.2) is 11.8 Å². The predicted molar refractivity (Wildman–Crippen MR) is 33.7 cm³/mol. The van der Waals surface area contributed by atoms with Gasteiger partial charge in [-0.3, -0.25) is 14.5 Å². The van der Waals surface area contributed by atoms with Gasteiger partial charge in [0, 0.05) is 13.0 Å². The maximum Gasteiger partial charge on any atom is 0.328 e. The standard InChI is InChI=1S/C6H9NO3/c1-7-3-2-4(8)5(7)6(9)10/h5H,2-3H2,1H3,(H,9,10). The summed E-state index contributed by atoms with van der Waals surface area (Å²) in [6.07, 6.45) is 0.369. The first-order valence-electron chi connectivity index (χ1n) is 3.08. The summed E-state index contributed by atoms with van der Waals surface area (Å²) in [5.74, 6) is -1.22. The third-order valence-electron chi connectivity index (χ3n) is 1.69. The normalized spacial score (nSPS) is 27.3. The summed E-state index contributed by atoms with van der Waals surface area (Å²) in [5.41, 5.74) is 0. The van der Waals surface area contributed by atoms with Crippen LogP contribution < -0.4 is 0 Å². The molecule has 1 atom stereocenters. The van der Waals surface area contributed by atoms with Gasteiger partial charge in [-0.2, -0.15) is 0 Å². The minimum absolute atomic E-state index is 0.185. The van der Waals surface area contributed by atoms with E-state index in [2.05, 4.69) is 0 Å². The Balaban J connectivity index is 2.72. The molecule has 0 saturated carbocycles. The highest BCUT2D eigenvalue weighted by Gasteiger charge is 2.35. The second-order valence-electron chi connectivity index (χ2n) is 2.44. The van der Waals surface area contributed by atoms with Gasteiger partial charge in [-0.05, 0) is 7.05 Å². The van der Waals surface area contributed by atoms with Crippen LogP contribution >= 0.6 is 0 Å². The molecular formula is C6H9NO3. The molecule has 0 aliphatic carbocycles. The van der Waals surface area contributed by atoms with Gasteiger partial charge < -0.3 is 5.11 Å². The average molecular weight is 143 g/mol. The van der Waals surface area contributed by atoms with Crippen molar-refractivity contribution in [3.05, 3.63) is 0 Å². The van der Waals surface area contributed by atoms with Crippen molar-refractivity contribution in [3.8, 4) is 0 Å². The molecule has 1 aliphatic heterocycles. The van der Waals surface area contributed by atoms with E-state index in [1.54, 1.807) is 11.9 Å². The fourth-order valence-electron chi connectivity index (χ4n) is 1.12. The Kier molecular flexibility index (Phi) is 1.72. The number of ketones is 1. The van der Waals surface area contributed by atoms with Crippen LogP contribution in [0.1, 0.15) is 6.42 Å². The molecule has 0 aromatic rings. The van der Waals surface area contributed by atoms with Gasteiger partial charge >= 0.3 is 5.97 Å². The largest absolute Gasteiger partial charge is 0.480 e. The van der Waals surface area contributed by atoms with Crippen molar-refractivity contribution >= 4 is 11.8 Å². The van der Waals surface area contributed by atoms with Gasteiger partial charge in [0.05, 0.1) is 0 Å². The van der Waals surface area contributed by atoms with Crippen LogP contribution in [0.2, 0.25) is 0 Å². The van der Waals surface area contributed by atoms with Gasteiger partial charge in [-0.1, -0.05) is 0 Å². The van der Waals surface area contributed by atoms with E-state index in [1.165, 1.54) is 0 Å². The summed E-state index contributed by atoms with van der Waals surface area (Å²) in [6.45, 7) is 0.565. The third kappa shape index (κ3) is 1.02. The molecule has 4 nitrogen and oxygen atoms in total. The van der Waals surface area contributed by atoms with Gasteiger partial charge in [0.2, 0.25) is 0 Å². The smallest absolute Gasteiger partial charge is 0.328 e. The molecule has 0 spiro atoms. The summed E-state index contributed by atoms with van der Waals surface area (Å²) in [6, 6.07) is -0.889. The zero-order valence-corrected chi connectivity index (χ0v) is 5.70. The molecule has 1 unspecified atom stereocenters. The fourth-order valence-corrected chi connectivity index (χ4v) is 1.12. The van der Waals surface area contributed by atoms with Crippen LogP contribution in [0.3, 0.4) is 0 Å². The van der Waals surface area contributed by atoms with Crippen LogP contribution in [-0.2, 0) is 9.59 Å². The number of Topliss-reactive ketones (excluding diaryl/α,β-unsaturated/α-hetero) is 1. The van der Waals surface area contributed by atoms with E-state index in [0.29, 0.717) is 13.0 Å². The van der Waals surface area contributed by atoms with E-state index in [9.17, 15) is 9.59 Å². The maximum absolute atomic E-state index is 10.8. The molecule has 1 heterocycles. The van der Waals surface area contributed by atoms with Crippen molar-refractivity contribution in [3.63, 3.8) is 0 Å². The number of carboxylic acid groups (broad SMARTS) is 1. The van der Waals surface area contributed by atoms with Crippen LogP contribution in [0.15, 0.2) is 0 Å². The van der Waals surface area contributed by atoms with Gasteiger partial charge in [0.25, 0.3) is 0 Å². The molecule has 1 saturated heterocycles. The summed E-state index contributed by atoms with van der Waals surface area (Å²) in [7, 11) is 1.64. The van der Waals surface area contributed by atoms with Crippen LogP contribution in [-0.4, -0.2) is 41.4 Å². The van der Waals surface area contributed by atoms with Crippen LogP contribution in [0.25, 0.3) is 0 Å². The maximum atomic E-state index is 10.8. The van der Waals surface area contributed by atoms with Gasteiger partial charge in [-0.25, -0.2) is 0 Å². The molecule has 0 amide bonds. The molecule has 56 valence electrons. The van der Waals surface area contributed by atoms with Gasteiger partial charge in [0.1, 0.15) is 0 Å². The molecule has 10 heavy (non-hydrogen) atoms. The van der Waals surface area contributed by atoms with Crippen LogP contribution in [0, 0.1) is 0 Å². The molecule has 0 bridgehead atoms. The average Bonchev–Trinajstić information content (AvgIpc) is 2.11. The lowest BCUT2D eigenvalue weighted by atomic mass is 10.2. The van der Waals surface area contributed by atoms with Crippen molar-refractivity contribution < 1.29 is 14.7 Å². The molecule has 0 aromatic heterocycles. The van der Waals surface area contributed by atoms with Gasteiger partial charge in [-0.15, -0.1) is 0 Å². The number of carbonyl (C=O) groups excluding carboxylic acids is 1. The number of carboxylic acids is 1. The number of nitrogens with zero attached hydrogens (tertiary/aromatic N) is 1. The van der Waals surface area contributed by atoms with E-state index in [4.69, 9.17) is 5.11 Å². The second-order valence-corrected chi connectivity index (χ2v) is 2.44. The molecule has 4 heteroatoms. The highest BCUT2D eigenvalue weighted by atomic mass is 16.4. The number of hydrogen-bond acceptors (Lipinski definition) is 3. The topological polar surface area (TPSA) is 57.6 Å². The fraction of sp³-hybridized carbons (Fsp3) is 0.667. The molecule has 0 radical (unpaired) electrons. The molecular weight excluding hydrogens is 134 g/mol. The first-order valence-corrected chi connectivity index (χ1v) is 3.08. The van der Waals surface area contributed by atoms with E-state index >= 15 is 0 Å². The highest BCUT2D eigenvalue weighted by molar-refractivity contribution is 6.03. The lowest BCUT2D eigenvalue weighted by Crippen LogP contribution is -2.37. The molecule has 1 fully saturated rings. The number of likely N-dealkylation sites (N-methyl/N-ethyl adjacent to an activating group) is 1. The minimum atomic E-state index is -1.04. The number of aliphatic carboxylic acids is 1. The third-order valence-corrected chi connectivity index (χ3v) is 1.69. The van der Waals surface area contributed by atoms with E-state index < -0.39 is 12.0 Å². The van der Waals surface area contributed by atoms with Crippen molar-refractivity contribution in [1.29, 1.82) is 0 Å². The Morgan fingerprint density at radius 1 is 1.80 bits per heavy atom. The summed E-state index contributed by atoms with van der Waals surface area (Å²) >= 11 is 0. The van der Waals surface area contributed by atoms with Crippen LogP contribution in [0.5, 0.6) is 0 Å². The Labute approximate surface area is 58.4 Å². The first-order chi connectivity index (χ1) is 4.63. The molecule has 1 aliphatic rings. The monoisotopic (exact) mass is 143 g/mol. The highest BCUT2D eigenvalue weighted by Crippen LogP contribution is 2.10. The Hall–Kier alpha value is -0.900. The Morgan fingerprint density at radius 3 is 2.60 bits per heavy atom. The zero-order valence-electron chi connectivity index (χ0n) is 5.70. The summed E-state index contributed by atoms with van der Waals surface area (Å²) < 4.78 is 0. The van der Waals surface area contributed by atoms with Crippen molar-refractivity contribution in [2.75, 3.05) is 13.6 Å². The van der Waals surface area contributed by atoms with Crippen LogP contribution in [0.4, 0.5) is 0 Å².